The zero-order chi connectivity index (χ0) is 25.3. The van der Waals surface area contributed by atoms with Crippen molar-refractivity contribution in [1.82, 2.24) is 15.1 Å². The Balaban J connectivity index is 1.36. The van der Waals surface area contributed by atoms with E-state index in [1.54, 1.807) is 29.2 Å². The molecule has 0 atom stereocenters. The van der Waals surface area contributed by atoms with E-state index < -0.39 is 0 Å². The molecule has 3 rings (SSSR count). The van der Waals surface area contributed by atoms with Gasteiger partial charge in [-0.2, -0.15) is 0 Å². The molecule has 2 amide bonds. The van der Waals surface area contributed by atoms with E-state index in [1.165, 1.54) is 5.56 Å². The summed E-state index contributed by atoms with van der Waals surface area (Å²) < 4.78 is 5.56. The molecule has 1 fully saturated rings. The van der Waals surface area contributed by atoms with Crippen LogP contribution in [0.2, 0.25) is 0 Å². The first-order chi connectivity index (χ1) is 16.7. The molecule has 1 saturated heterocycles. The molecule has 1 heterocycles. The minimum atomic E-state index is -0.313. The molecular weight excluding hydrogens is 438 g/mol. The number of carbonyl (C=O) groups excluding carboxylic acids is 2. The van der Waals surface area contributed by atoms with Crippen LogP contribution in [-0.4, -0.2) is 55.0 Å². The van der Waals surface area contributed by atoms with Crippen LogP contribution in [0, 0.1) is 11.3 Å². The number of hydrogen-bond donors (Lipinski definition) is 1. The fourth-order valence-electron chi connectivity index (χ4n) is 4.27. The Kier molecular flexibility index (Phi) is 9.73. The molecule has 6 heteroatoms. The summed E-state index contributed by atoms with van der Waals surface area (Å²) in [7, 11) is 2.17. The third-order valence-corrected chi connectivity index (χ3v) is 6.57. The van der Waals surface area contributed by atoms with E-state index in [-0.39, 0.29) is 17.4 Å². The van der Waals surface area contributed by atoms with Crippen LogP contribution in [0.4, 0.5) is 4.79 Å². The number of likely N-dealkylation sites (tertiary alicyclic amines) is 1. The van der Waals surface area contributed by atoms with Gasteiger partial charge < -0.3 is 19.9 Å². The lowest BCUT2D eigenvalue weighted by atomic mass is 9.92. The second-order valence-corrected chi connectivity index (χ2v) is 10.9. The number of ether oxygens (including phenoxy) is 1. The van der Waals surface area contributed by atoms with Crippen molar-refractivity contribution in [3.05, 3.63) is 65.7 Å². The lowest BCUT2D eigenvalue weighted by Gasteiger charge is -2.32. The van der Waals surface area contributed by atoms with Gasteiger partial charge in [0.25, 0.3) is 5.91 Å². The highest BCUT2D eigenvalue weighted by atomic mass is 16.6. The quantitative estimate of drug-likeness (QED) is 0.510. The van der Waals surface area contributed by atoms with E-state index in [2.05, 4.69) is 62.3 Å². The minimum Gasteiger partial charge on any atom is -0.410 e. The van der Waals surface area contributed by atoms with Crippen LogP contribution in [0.3, 0.4) is 0 Å². The first-order valence-corrected chi connectivity index (χ1v) is 12.8. The number of amides is 2. The van der Waals surface area contributed by atoms with Gasteiger partial charge in [0.05, 0.1) is 0 Å². The van der Waals surface area contributed by atoms with E-state index >= 15 is 0 Å². The molecule has 0 saturated carbocycles. The summed E-state index contributed by atoms with van der Waals surface area (Å²) in [5, 5.41) is 2.94. The minimum absolute atomic E-state index is 0.108. The van der Waals surface area contributed by atoms with Crippen molar-refractivity contribution in [1.29, 1.82) is 0 Å². The molecule has 0 aromatic heterocycles. The Labute approximate surface area is 210 Å². The zero-order valence-corrected chi connectivity index (χ0v) is 21.8. The molecule has 190 valence electrons. The average molecular weight is 480 g/mol. The molecule has 0 bridgehead atoms. The van der Waals surface area contributed by atoms with Gasteiger partial charge in [-0.25, -0.2) is 4.79 Å². The summed E-state index contributed by atoms with van der Waals surface area (Å²) in [5.74, 6) is 0.989. The number of benzene rings is 2. The maximum Gasteiger partial charge on any atom is 0.415 e. The van der Waals surface area contributed by atoms with Gasteiger partial charge in [0.2, 0.25) is 0 Å². The van der Waals surface area contributed by atoms with Crippen LogP contribution in [0.1, 0.15) is 62.4 Å². The van der Waals surface area contributed by atoms with E-state index in [9.17, 15) is 9.59 Å². The summed E-state index contributed by atoms with van der Waals surface area (Å²) in [6.07, 6.45) is 3.75. The van der Waals surface area contributed by atoms with Gasteiger partial charge >= 0.3 is 6.09 Å². The Morgan fingerprint density at radius 2 is 1.69 bits per heavy atom. The lowest BCUT2D eigenvalue weighted by Crippen LogP contribution is -2.40. The molecule has 35 heavy (non-hydrogen) atoms. The first-order valence-electron chi connectivity index (χ1n) is 12.8. The van der Waals surface area contributed by atoms with Crippen LogP contribution in [0.25, 0.3) is 0 Å². The van der Waals surface area contributed by atoms with Gasteiger partial charge in [-0.05, 0) is 80.4 Å². The van der Waals surface area contributed by atoms with Gasteiger partial charge in [-0.3, -0.25) is 4.79 Å². The second kappa shape index (κ2) is 12.7. The van der Waals surface area contributed by atoms with Crippen molar-refractivity contribution in [2.24, 2.45) is 11.3 Å². The largest absolute Gasteiger partial charge is 0.415 e. The molecule has 1 aliphatic rings. The number of nitrogens with zero attached hydrogens (tertiary/aromatic N) is 2. The van der Waals surface area contributed by atoms with Gasteiger partial charge in [-0.1, -0.05) is 51.1 Å². The SMILES string of the molecule is CN(CCC1CCN(C(=O)Oc2ccc(C(=O)NCCC(C)(C)C)cc2)CC1)Cc1ccccc1. The second-order valence-electron chi connectivity index (χ2n) is 10.9. The maximum absolute atomic E-state index is 12.6. The third-order valence-electron chi connectivity index (χ3n) is 6.57. The van der Waals surface area contributed by atoms with E-state index in [0.717, 1.165) is 51.9 Å². The van der Waals surface area contributed by atoms with Gasteiger partial charge in [-0.15, -0.1) is 0 Å². The van der Waals surface area contributed by atoms with Crippen LogP contribution >= 0.6 is 0 Å². The topological polar surface area (TPSA) is 61.9 Å². The fraction of sp³-hybridized carbons (Fsp3) is 0.517. The average Bonchev–Trinajstić information content (AvgIpc) is 2.83. The van der Waals surface area contributed by atoms with Gasteiger partial charge in [0.1, 0.15) is 5.75 Å². The van der Waals surface area contributed by atoms with Crippen LogP contribution in [-0.2, 0) is 6.54 Å². The lowest BCUT2D eigenvalue weighted by molar-refractivity contribution is 0.0949. The molecule has 0 aliphatic carbocycles. The van der Waals surface area contributed by atoms with Gasteiger partial charge in [0.15, 0.2) is 0 Å². The number of nitrogens with one attached hydrogen (secondary N) is 1. The van der Waals surface area contributed by atoms with Crippen molar-refractivity contribution >= 4 is 12.0 Å². The third kappa shape index (κ3) is 9.36. The van der Waals surface area contributed by atoms with E-state index in [1.807, 2.05) is 6.07 Å². The number of carbonyl (C=O) groups is 2. The summed E-state index contributed by atoms with van der Waals surface area (Å²) in [6, 6.07) is 17.3. The molecule has 0 spiro atoms. The summed E-state index contributed by atoms with van der Waals surface area (Å²) in [5.41, 5.74) is 2.08. The van der Waals surface area contributed by atoms with Crippen LogP contribution < -0.4 is 10.1 Å². The standard InChI is InChI=1S/C29H41N3O3/c1-29(2,3)17-18-30-27(33)25-10-12-26(13-11-25)35-28(34)32-20-15-23(16-21-32)14-19-31(4)22-24-8-6-5-7-9-24/h5-13,23H,14-22H2,1-4H3,(H,30,33). The Bertz CT molecular complexity index is 930. The summed E-state index contributed by atoms with van der Waals surface area (Å²) in [6.45, 7) is 10.5. The zero-order valence-electron chi connectivity index (χ0n) is 21.8. The summed E-state index contributed by atoms with van der Waals surface area (Å²) >= 11 is 0. The Morgan fingerprint density at radius 3 is 2.31 bits per heavy atom. The monoisotopic (exact) mass is 479 g/mol. The highest BCUT2D eigenvalue weighted by Gasteiger charge is 2.24. The van der Waals surface area contributed by atoms with E-state index in [4.69, 9.17) is 4.74 Å². The molecule has 1 N–H and O–H groups in total. The van der Waals surface area contributed by atoms with Crippen molar-refractivity contribution in [2.75, 3.05) is 33.2 Å². The Morgan fingerprint density at radius 1 is 1.03 bits per heavy atom. The molecule has 2 aromatic rings. The smallest absolute Gasteiger partial charge is 0.410 e. The van der Waals surface area contributed by atoms with Crippen molar-refractivity contribution in [2.45, 2.75) is 53.0 Å². The van der Waals surface area contributed by atoms with Crippen molar-refractivity contribution in [3.8, 4) is 5.75 Å². The van der Waals surface area contributed by atoms with Crippen LogP contribution in [0.15, 0.2) is 54.6 Å². The van der Waals surface area contributed by atoms with E-state index in [0.29, 0.717) is 23.8 Å². The molecule has 2 aromatic carbocycles. The number of piperidine rings is 1. The normalized spacial score (nSPS) is 14.7. The molecule has 0 unspecified atom stereocenters. The predicted octanol–water partition coefficient (Wildman–Crippen LogP) is 5.59. The molecule has 6 nitrogen and oxygen atoms in total. The number of hydrogen-bond acceptors (Lipinski definition) is 4. The predicted molar refractivity (Wildman–Crippen MR) is 141 cm³/mol. The molecular formula is C29H41N3O3. The van der Waals surface area contributed by atoms with Crippen molar-refractivity contribution in [3.63, 3.8) is 0 Å². The number of rotatable bonds is 9. The molecule has 1 aliphatic heterocycles. The first kappa shape index (κ1) is 26.7. The molecule has 0 radical (unpaired) electrons. The maximum atomic E-state index is 12.6. The fourth-order valence-corrected chi connectivity index (χ4v) is 4.27. The highest BCUT2D eigenvalue weighted by molar-refractivity contribution is 5.94. The van der Waals surface area contributed by atoms with Crippen molar-refractivity contribution < 1.29 is 14.3 Å². The van der Waals surface area contributed by atoms with Crippen LogP contribution in [0.5, 0.6) is 5.75 Å². The van der Waals surface area contributed by atoms with Gasteiger partial charge in [0, 0.05) is 31.7 Å². The summed E-state index contributed by atoms with van der Waals surface area (Å²) in [4.78, 5) is 29.1. The Hall–Kier alpha value is -2.86. The highest BCUT2D eigenvalue weighted by Crippen LogP contribution is 2.23.